The number of carboxylic acid groups (broad SMARTS) is 1. The van der Waals surface area contributed by atoms with Crippen molar-refractivity contribution in [3.63, 3.8) is 0 Å². The molecule has 0 amide bonds. The predicted molar refractivity (Wildman–Crippen MR) is 75.9 cm³/mol. The molecule has 0 radical (unpaired) electrons. The molecule has 21 heavy (non-hydrogen) atoms. The zero-order valence-electron chi connectivity index (χ0n) is 11.0. The first-order valence-corrected chi connectivity index (χ1v) is 6.36. The van der Waals surface area contributed by atoms with E-state index in [0.29, 0.717) is 17.0 Å². The Kier molecular flexibility index (Phi) is 3.42. The van der Waals surface area contributed by atoms with Crippen molar-refractivity contribution in [2.24, 2.45) is 0 Å². The van der Waals surface area contributed by atoms with Gasteiger partial charge in [0.2, 0.25) is 0 Å². The monoisotopic (exact) mass is 280 g/mol. The number of benzene rings is 1. The lowest BCUT2D eigenvalue weighted by molar-refractivity contribution is -0.136. The fourth-order valence-corrected chi connectivity index (χ4v) is 2.07. The summed E-state index contributed by atoms with van der Waals surface area (Å²) in [5, 5.41) is 13.4. The zero-order chi connectivity index (χ0) is 14.7. The fourth-order valence-electron chi connectivity index (χ4n) is 2.07. The third kappa shape index (κ3) is 2.79. The molecule has 3 rings (SSSR count). The highest BCUT2D eigenvalue weighted by Crippen LogP contribution is 2.18. The highest BCUT2D eigenvalue weighted by atomic mass is 16.4. The second kappa shape index (κ2) is 5.54. The molecule has 6 nitrogen and oxygen atoms in total. The molecular formula is C15H12N4O2. The summed E-state index contributed by atoms with van der Waals surface area (Å²) in [5.41, 5.74) is 2.81. The number of aliphatic carboxylic acids is 1. The van der Waals surface area contributed by atoms with Crippen LogP contribution in [0.2, 0.25) is 0 Å². The van der Waals surface area contributed by atoms with Gasteiger partial charge in [-0.15, -0.1) is 0 Å². The Balaban J connectivity index is 1.99. The van der Waals surface area contributed by atoms with Crippen molar-refractivity contribution in [1.29, 1.82) is 0 Å². The van der Waals surface area contributed by atoms with Crippen molar-refractivity contribution in [3.8, 4) is 17.1 Å². The highest BCUT2D eigenvalue weighted by Gasteiger charge is 2.10. The Morgan fingerprint density at radius 3 is 2.76 bits per heavy atom. The van der Waals surface area contributed by atoms with Gasteiger partial charge >= 0.3 is 5.97 Å². The van der Waals surface area contributed by atoms with Crippen LogP contribution in [0.5, 0.6) is 0 Å². The molecule has 0 aliphatic rings. The minimum absolute atomic E-state index is 0.0451. The van der Waals surface area contributed by atoms with Gasteiger partial charge in [0, 0.05) is 18.6 Å². The van der Waals surface area contributed by atoms with E-state index >= 15 is 0 Å². The topological polar surface area (TPSA) is 80.9 Å². The SMILES string of the molecule is O=C(O)Cc1ccccc1-n1ccc(-c2cnccn2)n1. The number of nitrogens with zero attached hydrogens (tertiary/aromatic N) is 4. The smallest absolute Gasteiger partial charge is 0.307 e. The van der Waals surface area contributed by atoms with Gasteiger partial charge in [-0.2, -0.15) is 5.10 Å². The maximum Gasteiger partial charge on any atom is 0.307 e. The van der Waals surface area contributed by atoms with Crippen LogP contribution in [-0.2, 0) is 11.2 Å². The summed E-state index contributed by atoms with van der Waals surface area (Å²) in [6.07, 6.45) is 6.58. The maximum absolute atomic E-state index is 10.9. The number of carbonyl (C=O) groups is 1. The van der Waals surface area contributed by atoms with Crippen molar-refractivity contribution in [2.45, 2.75) is 6.42 Å². The summed E-state index contributed by atoms with van der Waals surface area (Å²) in [7, 11) is 0. The summed E-state index contributed by atoms with van der Waals surface area (Å²) < 4.78 is 1.66. The first kappa shape index (κ1) is 13.0. The molecule has 0 saturated carbocycles. The number of hydrogen-bond acceptors (Lipinski definition) is 4. The number of hydrogen-bond donors (Lipinski definition) is 1. The van der Waals surface area contributed by atoms with E-state index in [9.17, 15) is 4.79 Å². The lowest BCUT2D eigenvalue weighted by Gasteiger charge is -2.07. The Bertz CT molecular complexity index is 768. The van der Waals surface area contributed by atoms with Crippen molar-refractivity contribution in [2.75, 3.05) is 0 Å². The Hall–Kier alpha value is -3.02. The van der Waals surface area contributed by atoms with Crippen molar-refractivity contribution in [3.05, 3.63) is 60.7 Å². The van der Waals surface area contributed by atoms with Gasteiger partial charge in [0.05, 0.1) is 18.3 Å². The first-order valence-electron chi connectivity index (χ1n) is 6.36. The first-order chi connectivity index (χ1) is 10.2. The van der Waals surface area contributed by atoms with Crippen LogP contribution >= 0.6 is 0 Å². The maximum atomic E-state index is 10.9. The van der Waals surface area contributed by atoms with Crippen LogP contribution in [0.3, 0.4) is 0 Å². The Morgan fingerprint density at radius 2 is 2.00 bits per heavy atom. The van der Waals surface area contributed by atoms with Crippen molar-refractivity contribution < 1.29 is 9.90 Å². The van der Waals surface area contributed by atoms with Crippen LogP contribution in [0, 0.1) is 0 Å². The lowest BCUT2D eigenvalue weighted by Crippen LogP contribution is -2.06. The molecule has 6 heteroatoms. The van der Waals surface area contributed by atoms with Gasteiger partial charge in [0.1, 0.15) is 11.4 Å². The van der Waals surface area contributed by atoms with E-state index in [1.165, 1.54) is 0 Å². The normalized spacial score (nSPS) is 10.5. The summed E-state index contributed by atoms with van der Waals surface area (Å²) in [6.45, 7) is 0. The van der Waals surface area contributed by atoms with Gasteiger partial charge in [-0.25, -0.2) is 4.68 Å². The van der Waals surface area contributed by atoms with Gasteiger partial charge < -0.3 is 5.11 Å². The molecule has 104 valence electrons. The van der Waals surface area contributed by atoms with Gasteiger partial charge in [-0.3, -0.25) is 14.8 Å². The van der Waals surface area contributed by atoms with Crippen LogP contribution < -0.4 is 0 Å². The molecule has 1 aromatic carbocycles. The minimum Gasteiger partial charge on any atom is -0.481 e. The Morgan fingerprint density at radius 1 is 1.14 bits per heavy atom. The zero-order valence-corrected chi connectivity index (χ0v) is 11.0. The fraction of sp³-hybridized carbons (Fsp3) is 0.0667. The van der Waals surface area contributed by atoms with E-state index in [2.05, 4.69) is 15.1 Å². The second-order valence-electron chi connectivity index (χ2n) is 4.44. The van der Waals surface area contributed by atoms with E-state index in [1.54, 1.807) is 35.5 Å². The molecule has 1 N–H and O–H groups in total. The third-order valence-corrected chi connectivity index (χ3v) is 2.99. The molecule has 3 aromatic rings. The molecule has 0 bridgehead atoms. The van der Waals surface area contributed by atoms with Crippen LogP contribution in [0.15, 0.2) is 55.1 Å². The highest BCUT2D eigenvalue weighted by molar-refractivity contribution is 5.72. The van der Waals surface area contributed by atoms with Crippen molar-refractivity contribution >= 4 is 5.97 Å². The molecule has 2 heterocycles. The van der Waals surface area contributed by atoms with Crippen LogP contribution in [0.25, 0.3) is 17.1 Å². The molecular weight excluding hydrogens is 268 g/mol. The average Bonchev–Trinajstić information content (AvgIpc) is 2.98. The number of carboxylic acids is 1. The third-order valence-electron chi connectivity index (χ3n) is 2.99. The van der Waals surface area contributed by atoms with Gasteiger partial charge in [0.25, 0.3) is 0 Å². The van der Waals surface area contributed by atoms with E-state index in [-0.39, 0.29) is 6.42 Å². The molecule has 0 aliphatic heterocycles. The van der Waals surface area contributed by atoms with Gasteiger partial charge in [0.15, 0.2) is 0 Å². The summed E-state index contributed by atoms with van der Waals surface area (Å²) in [4.78, 5) is 19.1. The number of rotatable bonds is 4. The predicted octanol–water partition coefficient (Wildman–Crippen LogP) is 1.96. The van der Waals surface area contributed by atoms with E-state index < -0.39 is 5.97 Å². The molecule has 0 atom stereocenters. The number of aromatic nitrogens is 4. The van der Waals surface area contributed by atoms with Crippen molar-refractivity contribution in [1.82, 2.24) is 19.7 Å². The standard InChI is InChI=1S/C15H12N4O2/c20-15(21)9-11-3-1-2-4-14(11)19-8-5-12(18-19)13-10-16-6-7-17-13/h1-8,10H,9H2,(H,20,21). The van der Waals surface area contributed by atoms with Gasteiger partial charge in [-0.05, 0) is 17.7 Å². The van der Waals surface area contributed by atoms with Crippen LogP contribution in [-0.4, -0.2) is 30.8 Å². The average molecular weight is 280 g/mol. The minimum atomic E-state index is -0.872. The molecule has 0 aliphatic carbocycles. The summed E-state index contributed by atoms with van der Waals surface area (Å²) in [6, 6.07) is 9.11. The molecule has 2 aromatic heterocycles. The van der Waals surface area contributed by atoms with E-state index in [1.807, 2.05) is 24.3 Å². The van der Waals surface area contributed by atoms with Crippen LogP contribution in [0.1, 0.15) is 5.56 Å². The summed E-state index contributed by atoms with van der Waals surface area (Å²) >= 11 is 0. The Labute approximate surface area is 120 Å². The second-order valence-corrected chi connectivity index (χ2v) is 4.44. The molecule has 0 spiro atoms. The van der Waals surface area contributed by atoms with E-state index in [0.717, 1.165) is 5.69 Å². The van der Waals surface area contributed by atoms with Crippen LogP contribution in [0.4, 0.5) is 0 Å². The van der Waals surface area contributed by atoms with E-state index in [4.69, 9.17) is 5.11 Å². The molecule has 0 unspecified atom stereocenters. The van der Waals surface area contributed by atoms with Gasteiger partial charge in [-0.1, -0.05) is 18.2 Å². The molecule has 0 saturated heterocycles. The summed E-state index contributed by atoms with van der Waals surface area (Å²) in [5.74, 6) is -0.872. The lowest BCUT2D eigenvalue weighted by atomic mass is 10.1. The quantitative estimate of drug-likeness (QED) is 0.790. The molecule has 0 fully saturated rings. The largest absolute Gasteiger partial charge is 0.481 e. The number of para-hydroxylation sites is 1.